The average molecular weight is 276 g/mol. The van der Waals surface area contributed by atoms with Crippen molar-refractivity contribution < 1.29 is 9.53 Å². The standard InChI is InChI=1S/C14H20N4O2/c1-14(2,3)20-13(19)18-7-6-9(8-18)11-5-4-10(15)12(16)17-11/h4-6H,7-8,15H2,1-3H3,(H2,16,17). The van der Waals surface area contributed by atoms with E-state index in [9.17, 15) is 4.79 Å². The third-order valence-corrected chi connectivity index (χ3v) is 2.86. The molecular weight excluding hydrogens is 256 g/mol. The number of nitrogen functional groups attached to an aromatic ring is 2. The van der Waals surface area contributed by atoms with Crippen LogP contribution in [0.25, 0.3) is 5.57 Å². The molecule has 0 unspecified atom stereocenters. The summed E-state index contributed by atoms with van der Waals surface area (Å²) in [4.78, 5) is 17.8. The number of amides is 1. The van der Waals surface area contributed by atoms with Gasteiger partial charge >= 0.3 is 6.09 Å². The van der Waals surface area contributed by atoms with Gasteiger partial charge in [0.15, 0.2) is 0 Å². The largest absolute Gasteiger partial charge is 0.444 e. The molecule has 1 aromatic rings. The molecule has 20 heavy (non-hydrogen) atoms. The lowest BCUT2D eigenvalue weighted by molar-refractivity contribution is 0.0306. The average Bonchev–Trinajstić information content (AvgIpc) is 2.80. The van der Waals surface area contributed by atoms with Gasteiger partial charge < -0.3 is 21.1 Å². The molecule has 0 aromatic carbocycles. The van der Waals surface area contributed by atoms with Crippen molar-refractivity contribution in [3.63, 3.8) is 0 Å². The molecule has 1 aromatic heterocycles. The lowest BCUT2D eigenvalue weighted by atomic mass is 10.2. The summed E-state index contributed by atoms with van der Waals surface area (Å²) < 4.78 is 5.34. The van der Waals surface area contributed by atoms with E-state index < -0.39 is 5.60 Å². The molecule has 2 heterocycles. The maximum Gasteiger partial charge on any atom is 0.410 e. The Kier molecular flexibility index (Phi) is 3.57. The number of ether oxygens (including phenoxy) is 1. The summed E-state index contributed by atoms with van der Waals surface area (Å²) in [7, 11) is 0. The van der Waals surface area contributed by atoms with Crippen LogP contribution in [-0.2, 0) is 4.74 Å². The van der Waals surface area contributed by atoms with Gasteiger partial charge in [-0.3, -0.25) is 0 Å². The van der Waals surface area contributed by atoms with Gasteiger partial charge in [-0.25, -0.2) is 9.78 Å². The zero-order valence-electron chi connectivity index (χ0n) is 12.0. The molecule has 0 spiro atoms. The highest BCUT2D eigenvalue weighted by Gasteiger charge is 2.26. The predicted molar refractivity (Wildman–Crippen MR) is 78.8 cm³/mol. The van der Waals surface area contributed by atoms with Crippen LogP contribution >= 0.6 is 0 Å². The van der Waals surface area contributed by atoms with E-state index in [2.05, 4.69) is 4.98 Å². The maximum atomic E-state index is 12.0. The zero-order chi connectivity index (χ0) is 14.9. The number of anilines is 2. The Morgan fingerprint density at radius 1 is 1.35 bits per heavy atom. The number of hydrogen-bond donors (Lipinski definition) is 2. The van der Waals surface area contributed by atoms with E-state index in [1.807, 2.05) is 26.8 Å². The minimum atomic E-state index is -0.496. The normalized spacial score (nSPS) is 15.2. The molecule has 0 saturated carbocycles. The van der Waals surface area contributed by atoms with E-state index >= 15 is 0 Å². The first-order valence-corrected chi connectivity index (χ1v) is 6.45. The van der Waals surface area contributed by atoms with Gasteiger partial charge in [-0.1, -0.05) is 6.08 Å². The second-order valence-electron chi connectivity index (χ2n) is 5.76. The maximum absolute atomic E-state index is 12.0. The Hall–Kier alpha value is -2.24. The van der Waals surface area contributed by atoms with Crippen molar-refractivity contribution in [1.82, 2.24) is 9.88 Å². The minimum Gasteiger partial charge on any atom is -0.444 e. The molecule has 0 radical (unpaired) electrons. The second-order valence-corrected chi connectivity index (χ2v) is 5.76. The van der Waals surface area contributed by atoms with Crippen LogP contribution in [0.4, 0.5) is 16.3 Å². The van der Waals surface area contributed by atoms with Gasteiger partial charge in [-0.2, -0.15) is 0 Å². The van der Waals surface area contributed by atoms with Crippen LogP contribution in [0.2, 0.25) is 0 Å². The van der Waals surface area contributed by atoms with Gasteiger partial charge in [0, 0.05) is 6.54 Å². The Bertz CT molecular complexity index is 561. The number of aromatic nitrogens is 1. The van der Waals surface area contributed by atoms with E-state index in [1.165, 1.54) is 0 Å². The summed E-state index contributed by atoms with van der Waals surface area (Å²) in [5.74, 6) is 0.305. The highest BCUT2D eigenvalue weighted by molar-refractivity contribution is 5.77. The molecule has 6 nitrogen and oxygen atoms in total. The zero-order valence-corrected chi connectivity index (χ0v) is 12.0. The van der Waals surface area contributed by atoms with Gasteiger partial charge in [0.25, 0.3) is 0 Å². The van der Waals surface area contributed by atoms with Gasteiger partial charge in [0.2, 0.25) is 0 Å². The van der Waals surface area contributed by atoms with E-state index in [0.717, 1.165) is 11.3 Å². The van der Waals surface area contributed by atoms with Gasteiger partial charge in [0.1, 0.15) is 11.4 Å². The number of hydrogen-bond acceptors (Lipinski definition) is 5. The first-order chi connectivity index (χ1) is 9.26. The van der Waals surface area contributed by atoms with Crippen LogP contribution in [0.1, 0.15) is 26.5 Å². The Morgan fingerprint density at radius 2 is 2.05 bits per heavy atom. The molecule has 0 fully saturated rings. The molecule has 0 atom stereocenters. The van der Waals surface area contributed by atoms with Gasteiger partial charge in [-0.05, 0) is 38.5 Å². The van der Waals surface area contributed by atoms with Crippen LogP contribution in [-0.4, -0.2) is 34.7 Å². The number of pyridine rings is 1. The molecule has 0 bridgehead atoms. The fourth-order valence-electron chi connectivity index (χ4n) is 1.87. The SMILES string of the molecule is CC(C)(C)OC(=O)N1CC=C(c2ccc(N)c(N)n2)C1. The molecule has 1 aliphatic rings. The molecule has 1 aliphatic heterocycles. The number of nitrogens with zero attached hydrogens (tertiary/aromatic N) is 2. The first kappa shape index (κ1) is 14.2. The van der Waals surface area contributed by atoms with Crippen molar-refractivity contribution in [2.45, 2.75) is 26.4 Å². The predicted octanol–water partition coefficient (Wildman–Crippen LogP) is 1.88. The lowest BCUT2D eigenvalue weighted by Gasteiger charge is -2.24. The highest BCUT2D eigenvalue weighted by atomic mass is 16.6. The molecule has 6 heteroatoms. The number of carbonyl (C=O) groups is 1. The molecule has 2 rings (SSSR count). The minimum absolute atomic E-state index is 0.305. The van der Waals surface area contributed by atoms with Crippen LogP contribution in [0, 0.1) is 0 Å². The van der Waals surface area contributed by atoms with Crippen LogP contribution in [0.5, 0.6) is 0 Å². The first-order valence-electron chi connectivity index (χ1n) is 6.45. The van der Waals surface area contributed by atoms with Gasteiger partial charge in [-0.15, -0.1) is 0 Å². The highest BCUT2D eigenvalue weighted by Crippen LogP contribution is 2.23. The molecular formula is C14H20N4O2. The lowest BCUT2D eigenvalue weighted by Crippen LogP contribution is -2.35. The van der Waals surface area contributed by atoms with Crippen molar-refractivity contribution in [1.29, 1.82) is 0 Å². The van der Waals surface area contributed by atoms with E-state index in [1.54, 1.807) is 17.0 Å². The fraction of sp³-hybridized carbons (Fsp3) is 0.429. The van der Waals surface area contributed by atoms with Crippen molar-refractivity contribution in [2.75, 3.05) is 24.6 Å². The monoisotopic (exact) mass is 276 g/mol. The van der Waals surface area contributed by atoms with Crippen molar-refractivity contribution in [3.05, 3.63) is 23.9 Å². The molecule has 0 aliphatic carbocycles. The summed E-state index contributed by atoms with van der Waals surface area (Å²) in [6, 6.07) is 3.52. The van der Waals surface area contributed by atoms with Crippen molar-refractivity contribution >= 4 is 23.2 Å². The van der Waals surface area contributed by atoms with Gasteiger partial charge in [0.05, 0.1) is 17.9 Å². The summed E-state index contributed by atoms with van der Waals surface area (Å²) in [5.41, 5.74) is 13.0. The van der Waals surface area contributed by atoms with E-state index in [4.69, 9.17) is 16.2 Å². The molecule has 1 amide bonds. The molecule has 4 N–H and O–H groups in total. The summed E-state index contributed by atoms with van der Waals surface area (Å²) in [5, 5.41) is 0. The Balaban J connectivity index is 2.04. The van der Waals surface area contributed by atoms with E-state index in [-0.39, 0.29) is 6.09 Å². The molecule has 108 valence electrons. The third-order valence-electron chi connectivity index (χ3n) is 2.86. The number of nitrogens with two attached hydrogens (primary N) is 2. The van der Waals surface area contributed by atoms with Crippen molar-refractivity contribution in [2.24, 2.45) is 0 Å². The van der Waals surface area contributed by atoms with Crippen LogP contribution < -0.4 is 11.5 Å². The molecule has 0 saturated heterocycles. The van der Waals surface area contributed by atoms with Crippen LogP contribution in [0.3, 0.4) is 0 Å². The quantitative estimate of drug-likeness (QED) is 0.816. The van der Waals surface area contributed by atoms with Crippen molar-refractivity contribution in [3.8, 4) is 0 Å². The summed E-state index contributed by atoms with van der Waals surface area (Å²) >= 11 is 0. The third kappa shape index (κ3) is 3.20. The summed E-state index contributed by atoms with van der Waals surface area (Å²) in [6.07, 6.45) is 1.62. The van der Waals surface area contributed by atoms with E-state index in [0.29, 0.717) is 24.6 Å². The fourth-order valence-corrected chi connectivity index (χ4v) is 1.87. The number of rotatable bonds is 1. The smallest absolute Gasteiger partial charge is 0.410 e. The second kappa shape index (κ2) is 5.03. The Labute approximate surface area is 118 Å². The van der Waals surface area contributed by atoms with Crippen LogP contribution in [0.15, 0.2) is 18.2 Å². The summed E-state index contributed by atoms with van der Waals surface area (Å²) in [6.45, 7) is 6.51. The topological polar surface area (TPSA) is 94.5 Å². The Morgan fingerprint density at radius 3 is 2.65 bits per heavy atom. The number of carbonyl (C=O) groups excluding carboxylic acids is 1.